The molecule has 1 unspecified atom stereocenters. The Morgan fingerprint density at radius 2 is 2.35 bits per heavy atom. The number of hydrogen-bond acceptors (Lipinski definition) is 5. The molecule has 1 saturated heterocycles. The number of nitrogens with two attached hydrogens (primary N) is 1. The van der Waals surface area contributed by atoms with Crippen molar-refractivity contribution in [2.24, 2.45) is 5.14 Å². The molecule has 1 aromatic rings. The van der Waals surface area contributed by atoms with Crippen LogP contribution in [0.2, 0.25) is 0 Å². The second-order valence-electron chi connectivity index (χ2n) is 4.76. The third kappa shape index (κ3) is 3.78. The highest BCUT2D eigenvalue weighted by Crippen LogP contribution is 2.24. The summed E-state index contributed by atoms with van der Waals surface area (Å²) in [5, 5.41) is 7.86. The first-order chi connectivity index (χ1) is 9.38. The van der Waals surface area contributed by atoms with Gasteiger partial charge in [0.25, 0.3) is 5.91 Å². The molecule has 112 valence electrons. The molecule has 2 heterocycles. The van der Waals surface area contributed by atoms with Crippen LogP contribution in [0.5, 0.6) is 0 Å². The maximum absolute atomic E-state index is 11.9. The lowest BCUT2D eigenvalue weighted by molar-refractivity contribution is 0.0910. The number of aryl methyl sites for hydroxylation is 1. The van der Waals surface area contributed by atoms with Crippen molar-refractivity contribution >= 4 is 27.3 Å². The standard InChI is InChI=1S/C12H18N2O4S2/c1-8-11(20(13,16)17)7-10(19-8)12(15)14-5-4-9-3-2-6-18-9/h7,9H,2-6H2,1H3,(H,14,15)(H2,13,16,17). The third-order valence-electron chi connectivity index (χ3n) is 3.18. The van der Waals surface area contributed by atoms with Crippen molar-refractivity contribution in [1.82, 2.24) is 5.32 Å². The zero-order valence-corrected chi connectivity index (χ0v) is 12.9. The van der Waals surface area contributed by atoms with Crippen LogP contribution in [0.25, 0.3) is 0 Å². The average molecular weight is 318 g/mol. The van der Waals surface area contributed by atoms with Crippen molar-refractivity contribution in [3.63, 3.8) is 0 Å². The molecule has 1 atom stereocenters. The van der Waals surface area contributed by atoms with E-state index in [0.29, 0.717) is 16.3 Å². The van der Waals surface area contributed by atoms with E-state index in [1.165, 1.54) is 6.07 Å². The van der Waals surface area contributed by atoms with Crippen LogP contribution < -0.4 is 10.5 Å². The largest absolute Gasteiger partial charge is 0.378 e. The predicted octanol–water partition coefficient (Wildman–Crippen LogP) is 1.00. The van der Waals surface area contributed by atoms with Crippen LogP contribution in [0.1, 0.15) is 33.8 Å². The van der Waals surface area contributed by atoms with Gasteiger partial charge in [-0.15, -0.1) is 11.3 Å². The summed E-state index contributed by atoms with van der Waals surface area (Å²) in [4.78, 5) is 12.8. The van der Waals surface area contributed by atoms with E-state index in [-0.39, 0.29) is 16.9 Å². The van der Waals surface area contributed by atoms with Crippen LogP contribution in [0.3, 0.4) is 0 Å². The summed E-state index contributed by atoms with van der Waals surface area (Å²) in [6.07, 6.45) is 3.10. The molecular weight excluding hydrogens is 300 g/mol. The fraction of sp³-hybridized carbons (Fsp3) is 0.583. The number of thiophene rings is 1. The summed E-state index contributed by atoms with van der Waals surface area (Å²) in [6.45, 7) is 2.94. The third-order valence-corrected chi connectivity index (χ3v) is 5.39. The minimum Gasteiger partial charge on any atom is -0.378 e. The van der Waals surface area contributed by atoms with E-state index >= 15 is 0 Å². The quantitative estimate of drug-likeness (QED) is 0.846. The zero-order chi connectivity index (χ0) is 14.8. The minimum atomic E-state index is -3.77. The van der Waals surface area contributed by atoms with Crippen molar-refractivity contribution in [3.05, 3.63) is 15.8 Å². The molecule has 1 amide bonds. The molecule has 0 saturated carbocycles. The van der Waals surface area contributed by atoms with E-state index in [9.17, 15) is 13.2 Å². The van der Waals surface area contributed by atoms with Crippen molar-refractivity contribution in [3.8, 4) is 0 Å². The fourth-order valence-electron chi connectivity index (χ4n) is 2.17. The molecule has 1 aromatic heterocycles. The lowest BCUT2D eigenvalue weighted by atomic mass is 10.2. The van der Waals surface area contributed by atoms with Gasteiger partial charge < -0.3 is 10.1 Å². The van der Waals surface area contributed by atoms with Gasteiger partial charge in [-0.1, -0.05) is 0 Å². The Balaban J connectivity index is 1.92. The molecule has 6 nitrogen and oxygen atoms in total. The molecule has 0 spiro atoms. The highest BCUT2D eigenvalue weighted by Gasteiger charge is 2.20. The molecule has 2 rings (SSSR count). The molecule has 0 aliphatic carbocycles. The molecule has 3 N–H and O–H groups in total. The lowest BCUT2D eigenvalue weighted by Gasteiger charge is -2.09. The fourth-order valence-corrected chi connectivity index (χ4v) is 4.23. The van der Waals surface area contributed by atoms with Gasteiger partial charge in [-0.2, -0.15) is 0 Å². The smallest absolute Gasteiger partial charge is 0.261 e. The Morgan fingerprint density at radius 1 is 1.60 bits per heavy atom. The lowest BCUT2D eigenvalue weighted by Crippen LogP contribution is -2.26. The monoisotopic (exact) mass is 318 g/mol. The van der Waals surface area contributed by atoms with Crippen LogP contribution in [0, 0.1) is 6.92 Å². The highest BCUT2D eigenvalue weighted by molar-refractivity contribution is 7.89. The molecule has 0 bridgehead atoms. The summed E-state index contributed by atoms with van der Waals surface area (Å²) in [5.41, 5.74) is 0. The molecule has 0 aromatic carbocycles. The molecule has 1 aliphatic rings. The van der Waals surface area contributed by atoms with E-state index in [2.05, 4.69) is 5.32 Å². The van der Waals surface area contributed by atoms with Crippen LogP contribution in [-0.4, -0.2) is 33.6 Å². The molecule has 20 heavy (non-hydrogen) atoms. The SMILES string of the molecule is Cc1sc(C(=O)NCCC2CCCO2)cc1S(N)(=O)=O. The van der Waals surface area contributed by atoms with E-state index in [4.69, 9.17) is 9.88 Å². The second-order valence-corrected chi connectivity index (χ2v) is 7.54. The number of hydrogen-bond donors (Lipinski definition) is 2. The Bertz CT molecular complexity index is 589. The maximum Gasteiger partial charge on any atom is 0.261 e. The number of ether oxygens (including phenoxy) is 1. The number of amides is 1. The highest BCUT2D eigenvalue weighted by atomic mass is 32.2. The van der Waals surface area contributed by atoms with E-state index < -0.39 is 10.0 Å². The average Bonchev–Trinajstić information content (AvgIpc) is 2.97. The van der Waals surface area contributed by atoms with Gasteiger partial charge in [0.05, 0.1) is 15.9 Å². The summed E-state index contributed by atoms with van der Waals surface area (Å²) >= 11 is 1.13. The van der Waals surface area contributed by atoms with Crippen molar-refractivity contribution in [2.45, 2.75) is 37.2 Å². The second kappa shape index (κ2) is 6.21. The Kier molecular flexibility index (Phi) is 4.79. The zero-order valence-electron chi connectivity index (χ0n) is 11.2. The van der Waals surface area contributed by atoms with Gasteiger partial charge in [0, 0.05) is 18.0 Å². The minimum absolute atomic E-state index is 0.0202. The van der Waals surface area contributed by atoms with Gasteiger partial charge in [-0.05, 0) is 32.3 Å². The first kappa shape index (κ1) is 15.4. The first-order valence-electron chi connectivity index (χ1n) is 6.41. The summed E-state index contributed by atoms with van der Waals surface area (Å²) in [6, 6.07) is 1.33. The first-order valence-corrected chi connectivity index (χ1v) is 8.77. The number of nitrogens with one attached hydrogen (secondary N) is 1. The molecular formula is C12H18N2O4S2. The van der Waals surface area contributed by atoms with Crippen molar-refractivity contribution in [1.29, 1.82) is 0 Å². The molecule has 0 radical (unpaired) electrons. The number of sulfonamides is 1. The summed E-state index contributed by atoms with van der Waals surface area (Å²) < 4.78 is 28.1. The van der Waals surface area contributed by atoms with Crippen LogP contribution in [0.15, 0.2) is 11.0 Å². The van der Waals surface area contributed by atoms with Gasteiger partial charge in [-0.25, -0.2) is 13.6 Å². The van der Waals surface area contributed by atoms with Crippen LogP contribution >= 0.6 is 11.3 Å². The predicted molar refractivity (Wildman–Crippen MR) is 76.4 cm³/mol. The number of rotatable bonds is 5. The van der Waals surface area contributed by atoms with E-state index in [0.717, 1.165) is 37.2 Å². The van der Waals surface area contributed by atoms with E-state index in [1.807, 2.05) is 0 Å². The van der Waals surface area contributed by atoms with Gasteiger partial charge in [0.15, 0.2) is 0 Å². The van der Waals surface area contributed by atoms with Crippen LogP contribution in [0.4, 0.5) is 0 Å². The van der Waals surface area contributed by atoms with Gasteiger partial charge in [-0.3, -0.25) is 4.79 Å². The number of carbonyl (C=O) groups excluding carboxylic acids is 1. The molecule has 1 aliphatic heterocycles. The Morgan fingerprint density at radius 3 is 2.90 bits per heavy atom. The normalized spacial score (nSPS) is 19.2. The summed E-state index contributed by atoms with van der Waals surface area (Å²) in [5.74, 6) is -0.272. The topological polar surface area (TPSA) is 98.5 Å². The maximum atomic E-state index is 11.9. The van der Waals surface area contributed by atoms with Crippen molar-refractivity contribution < 1.29 is 17.9 Å². The number of carbonyl (C=O) groups is 1. The Labute approximate surface area is 122 Å². The van der Waals surface area contributed by atoms with Crippen LogP contribution in [-0.2, 0) is 14.8 Å². The van der Waals surface area contributed by atoms with E-state index in [1.54, 1.807) is 6.92 Å². The molecule has 8 heteroatoms. The van der Waals surface area contributed by atoms with Gasteiger partial charge >= 0.3 is 0 Å². The van der Waals surface area contributed by atoms with Gasteiger partial charge in [0.2, 0.25) is 10.0 Å². The van der Waals surface area contributed by atoms with Crippen molar-refractivity contribution in [2.75, 3.05) is 13.2 Å². The Hall–Kier alpha value is -0.960. The molecule has 1 fully saturated rings. The number of primary sulfonamides is 1. The summed E-state index contributed by atoms with van der Waals surface area (Å²) in [7, 11) is -3.77. The van der Waals surface area contributed by atoms with Gasteiger partial charge in [0.1, 0.15) is 0 Å².